The molecule has 1 aromatic rings. The van der Waals surface area contributed by atoms with E-state index in [-0.39, 0.29) is 30.6 Å². The second-order valence-corrected chi connectivity index (χ2v) is 6.82. The molecule has 0 saturated heterocycles. The molecule has 0 aliphatic carbocycles. The molecule has 0 heterocycles. The summed E-state index contributed by atoms with van der Waals surface area (Å²) in [6.45, 7) is 1.67. The Hall–Kier alpha value is -1.84. The quantitative estimate of drug-likeness (QED) is 0.753. The topological polar surface area (TPSA) is 83.5 Å². The summed E-state index contributed by atoms with van der Waals surface area (Å²) >= 11 is 0. The highest BCUT2D eigenvalue weighted by Crippen LogP contribution is 2.04. The van der Waals surface area contributed by atoms with Gasteiger partial charge in [-0.2, -0.15) is 0 Å². The fourth-order valence-corrected chi connectivity index (χ4v) is 2.23. The monoisotopic (exact) mass is 309 g/mol. The van der Waals surface area contributed by atoms with Gasteiger partial charge in [0.05, 0.1) is 12.4 Å². The van der Waals surface area contributed by atoms with Crippen LogP contribution < -0.4 is 5.32 Å². The van der Waals surface area contributed by atoms with Gasteiger partial charge in [-0.3, -0.25) is 4.79 Å². The second-order valence-electron chi connectivity index (χ2n) is 4.35. The molecule has 0 bridgehead atoms. The zero-order chi connectivity index (χ0) is 15.7. The summed E-state index contributed by atoms with van der Waals surface area (Å²) in [4.78, 5) is 11.9. The number of benzene rings is 1. The molecule has 0 saturated carbocycles. The number of amides is 1. The van der Waals surface area contributed by atoms with Crippen LogP contribution in [0.1, 0.15) is 29.3 Å². The molecule has 114 valence electrons. The van der Waals surface area contributed by atoms with E-state index in [0.29, 0.717) is 17.5 Å². The van der Waals surface area contributed by atoms with Crippen LogP contribution in [-0.2, 0) is 9.84 Å². The van der Waals surface area contributed by atoms with Gasteiger partial charge < -0.3 is 10.4 Å². The van der Waals surface area contributed by atoms with Crippen molar-refractivity contribution < 1.29 is 18.3 Å². The van der Waals surface area contributed by atoms with Crippen LogP contribution in [0.25, 0.3) is 0 Å². The van der Waals surface area contributed by atoms with Gasteiger partial charge >= 0.3 is 0 Å². The zero-order valence-electron chi connectivity index (χ0n) is 11.9. The molecule has 1 aromatic carbocycles. The van der Waals surface area contributed by atoms with E-state index >= 15 is 0 Å². The van der Waals surface area contributed by atoms with E-state index in [9.17, 15) is 13.2 Å². The lowest BCUT2D eigenvalue weighted by molar-refractivity contribution is 0.0956. The predicted molar refractivity (Wildman–Crippen MR) is 81.7 cm³/mol. The Morgan fingerprint density at radius 1 is 1.38 bits per heavy atom. The molecule has 0 atom stereocenters. The number of carbonyl (C=O) groups excluding carboxylic acids is 1. The molecule has 0 unspecified atom stereocenters. The molecule has 0 aliphatic heterocycles. The van der Waals surface area contributed by atoms with Gasteiger partial charge in [-0.1, -0.05) is 24.8 Å². The number of carbonyl (C=O) groups is 1. The van der Waals surface area contributed by atoms with E-state index in [0.717, 1.165) is 0 Å². The molecular formula is C15H19NO4S. The Balaban J connectivity index is 2.63. The van der Waals surface area contributed by atoms with Crippen molar-refractivity contribution in [3.05, 3.63) is 35.4 Å². The van der Waals surface area contributed by atoms with Gasteiger partial charge in [0.2, 0.25) is 0 Å². The minimum absolute atomic E-state index is 0.000913. The minimum atomic E-state index is -3.08. The molecule has 0 aliphatic rings. The van der Waals surface area contributed by atoms with E-state index in [1.807, 2.05) is 0 Å². The molecule has 1 rings (SSSR count). The number of sulfone groups is 1. The lowest BCUT2D eigenvalue weighted by Crippen LogP contribution is -2.29. The van der Waals surface area contributed by atoms with E-state index in [1.54, 1.807) is 31.2 Å². The van der Waals surface area contributed by atoms with E-state index in [1.165, 1.54) is 0 Å². The number of hydrogen-bond acceptors (Lipinski definition) is 4. The van der Waals surface area contributed by atoms with Crippen LogP contribution in [0.3, 0.4) is 0 Å². The van der Waals surface area contributed by atoms with Gasteiger partial charge in [0.25, 0.3) is 5.91 Å². The van der Waals surface area contributed by atoms with Crippen LogP contribution in [-0.4, -0.2) is 44.1 Å². The summed E-state index contributed by atoms with van der Waals surface area (Å²) in [7, 11) is -3.08. The smallest absolute Gasteiger partial charge is 0.251 e. The molecule has 0 spiro atoms. The normalized spacial score (nSPS) is 10.6. The maximum Gasteiger partial charge on any atom is 0.251 e. The van der Waals surface area contributed by atoms with Crippen LogP contribution >= 0.6 is 0 Å². The SMILES string of the molecule is CCS(=O)(=O)CCNC(=O)c1cccc(C#CCCO)c1. The predicted octanol–water partition coefficient (Wildman–Crippen LogP) is 0.585. The molecule has 1 amide bonds. The largest absolute Gasteiger partial charge is 0.395 e. The molecule has 0 fully saturated rings. The van der Waals surface area contributed by atoms with Gasteiger partial charge in [-0.05, 0) is 18.2 Å². The van der Waals surface area contributed by atoms with Crippen LogP contribution in [0.15, 0.2) is 24.3 Å². The van der Waals surface area contributed by atoms with E-state index in [4.69, 9.17) is 5.11 Å². The third-order valence-corrected chi connectivity index (χ3v) is 4.44. The lowest BCUT2D eigenvalue weighted by atomic mass is 10.1. The van der Waals surface area contributed by atoms with Gasteiger partial charge in [0.1, 0.15) is 0 Å². The fraction of sp³-hybridized carbons (Fsp3) is 0.400. The van der Waals surface area contributed by atoms with Gasteiger partial charge in [0.15, 0.2) is 9.84 Å². The van der Waals surface area contributed by atoms with Crippen molar-refractivity contribution in [2.24, 2.45) is 0 Å². The third kappa shape index (κ3) is 6.43. The van der Waals surface area contributed by atoms with Crippen LogP contribution in [0, 0.1) is 11.8 Å². The molecule has 0 radical (unpaired) electrons. The Morgan fingerprint density at radius 3 is 2.81 bits per heavy atom. The summed E-state index contributed by atoms with van der Waals surface area (Å²) < 4.78 is 22.7. The van der Waals surface area contributed by atoms with Crippen LogP contribution in [0.5, 0.6) is 0 Å². The highest BCUT2D eigenvalue weighted by molar-refractivity contribution is 7.91. The van der Waals surface area contributed by atoms with Crippen LogP contribution in [0.2, 0.25) is 0 Å². The summed E-state index contributed by atoms with van der Waals surface area (Å²) in [5.41, 5.74) is 1.11. The molecule has 21 heavy (non-hydrogen) atoms. The zero-order valence-corrected chi connectivity index (χ0v) is 12.7. The number of aliphatic hydroxyl groups excluding tert-OH is 1. The Kier molecular flexibility index (Phi) is 6.92. The maximum absolute atomic E-state index is 11.9. The molecule has 0 aromatic heterocycles. The fourth-order valence-electron chi connectivity index (χ4n) is 1.53. The number of rotatable bonds is 6. The standard InChI is InChI=1S/C15H19NO4S/c1-2-21(19,20)11-9-16-15(18)14-8-5-7-13(12-14)6-3-4-10-17/h5,7-8,12,17H,2,4,9-11H2,1H3,(H,16,18). The first-order valence-corrected chi connectivity index (χ1v) is 8.49. The first-order chi connectivity index (χ1) is 9.98. The lowest BCUT2D eigenvalue weighted by Gasteiger charge is -2.05. The molecule has 6 heteroatoms. The van der Waals surface area contributed by atoms with Gasteiger partial charge in [-0.25, -0.2) is 8.42 Å². The molecular weight excluding hydrogens is 290 g/mol. The average Bonchev–Trinajstić information content (AvgIpc) is 2.47. The van der Waals surface area contributed by atoms with E-state index in [2.05, 4.69) is 17.2 Å². The van der Waals surface area contributed by atoms with Crippen molar-refractivity contribution in [2.75, 3.05) is 24.7 Å². The molecule has 5 nitrogen and oxygen atoms in total. The Morgan fingerprint density at radius 2 is 2.14 bits per heavy atom. The average molecular weight is 309 g/mol. The molecule has 2 N–H and O–H groups in total. The van der Waals surface area contributed by atoms with Crippen LogP contribution in [0.4, 0.5) is 0 Å². The van der Waals surface area contributed by atoms with Crippen molar-refractivity contribution in [2.45, 2.75) is 13.3 Å². The van der Waals surface area contributed by atoms with Crippen molar-refractivity contribution in [3.63, 3.8) is 0 Å². The van der Waals surface area contributed by atoms with Gasteiger partial charge in [-0.15, -0.1) is 0 Å². The highest BCUT2D eigenvalue weighted by Gasteiger charge is 2.09. The number of nitrogens with one attached hydrogen (secondary N) is 1. The van der Waals surface area contributed by atoms with Crippen molar-refractivity contribution >= 4 is 15.7 Å². The summed E-state index contributed by atoms with van der Waals surface area (Å²) in [6.07, 6.45) is 0.380. The van der Waals surface area contributed by atoms with Crippen molar-refractivity contribution in [1.29, 1.82) is 0 Å². The van der Waals surface area contributed by atoms with Crippen molar-refractivity contribution in [1.82, 2.24) is 5.32 Å². The first kappa shape index (κ1) is 17.2. The summed E-state index contributed by atoms with van der Waals surface area (Å²) in [5.74, 6) is 5.30. The second kappa shape index (κ2) is 8.45. The Bertz CT molecular complexity index is 641. The summed E-state index contributed by atoms with van der Waals surface area (Å²) in [5, 5.41) is 11.2. The maximum atomic E-state index is 11.9. The van der Waals surface area contributed by atoms with Gasteiger partial charge in [0, 0.05) is 29.8 Å². The Labute approximate surface area is 125 Å². The first-order valence-electron chi connectivity index (χ1n) is 6.67. The highest BCUT2D eigenvalue weighted by atomic mass is 32.2. The summed E-state index contributed by atoms with van der Waals surface area (Å²) in [6, 6.07) is 6.75. The third-order valence-electron chi connectivity index (χ3n) is 2.73. The van der Waals surface area contributed by atoms with Crippen molar-refractivity contribution in [3.8, 4) is 11.8 Å². The number of aliphatic hydroxyl groups is 1. The minimum Gasteiger partial charge on any atom is -0.395 e. The number of hydrogen-bond donors (Lipinski definition) is 2. The van der Waals surface area contributed by atoms with E-state index < -0.39 is 9.84 Å².